The van der Waals surface area contributed by atoms with Crippen molar-refractivity contribution >= 4 is 40.8 Å². The molecule has 0 radical (unpaired) electrons. The molecule has 0 aliphatic carbocycles. The summed E-state index contributed by atoms with van der Waals surface area (Å²) in [6.45, 7) is -0.495. The van der Waals surface area contributed by atoms with Crippen molar-refractivity contribution in [2.45, 2.75) is 12.8 Å². The zero-order chi connectivity index (χ0) is 25.9. The van der Waals surface area contributed by atoms with Crippen LogP contribution in [0, 0.1) is 0 Å². The molecule has 3 aromatic rings. The third kappa shape index (κ3) is 8.21. The highest BCUT2D eigenvalue weighted by atomic mass is 35.5. The standard InChI is InChI=1S/C26H25ClN2O7/c1-33-21-11-12-22(23(15-21)34-2)29-25(31)16-35-26(32)14-13-24(30)28-18-5-9-20(10-6-18)36-19-7-3-17(27)4-8-19/h3-12,15H,13-14,16H2,1-2H3,(H,28,30)(H,29,31). The lowest BCUT2D eigenvalue weighted by Crippen LogP contribution is -2.22. The van der Waals surface area contributed by atoms with Gasteiger partial charge in [0.25, 0.3) is 5.91 Å². The van der Waals surface area contributed by atoms with Crippen LogP contribution >= 0.6 is 11.6 Å². The average Bonchev–Trinajstić information content (AvgIpc) is 2.89. The summed E-state index contributed by atoms with van der Waals surface area (Å²) in [4.78, 5) is 36.2. The van der Waals surface area contributed by atoms with Crippen molar-refractivity contribution in [1.82, 2.24) is 0 Å². The first-order valence-corrected chi connectivity index (χ1v) is 11.2. The van der Waals surface area contributed by atoms with Crippen LogP contribution in [0.4, 0.5) is 11.4 Å². The molecule has 0 bridgehead atoms. The van der Waals surface area contributed by atoms with E-state index < -0.39 is 18.5 Å². The van der Waals surface area contributed by atoms with E-state index in [2.05, 4.69) is 10.6 Å². The topological polar surface area (TPSA) is 112 Å². The first kappa shape index (κ1) is 26.4. The fraction of sp³-hybridized carbons (Fsp3) is 0.192. The Balaban J connectivity index is 1.38. The van der Waals surface area contributed by atoms with E-state index in [4.69, 9.17) is 30.5 Å². The van der Waals surface area contributed by atoms with Crippen molar-refractivity contribution < 1.29 is 33.3 Å². The van der Waals surface area contributed by atoms with E-state index in [0.717, 1.165) is 0 Å². The summed E-state index contributed by atoms with van der Waals surface area (Å²) < 4.78 is 21.0. The van der Waals surface area contributed by atoms with Crippen LogP contribution in [0.5, 0.6) is 23.0 Å². The summed E-state index contributed by atoms with van der Waals surface area (Å²) >= 11 is 5.86. The molecule has 2 N–H and O–H groups in total. The monoisotopic (exact) mass is 512 g/mol. The van der Waals surface area contributed by atoms with Crippen LogP contribution < -0.4 is 24.8 Å². The largest absolute Gasteiger partial charge is 0.497 e. The lowest BCUT2D eigenvalue weighted by Gasteiger charge is -2.12. The Morgan fingerprint density at radius 3 is 2.03 bits per heavy atom. The molecule has 0 atom stereocenters. The molecule has 0 aromatic heterocycles. The number of rotatable bonds is 11. The minimum atomic E-state index is -0.672. The normalized spacial score (nSPS) is 10.2. The Morgan fingerprint density at radius 1 is 0.750 bits per heavy atom. The first-order chi connectivity index (χ1) is 17.4. The highest BCUT2D eigenvalue weighted by Crippen LogP contribution is 2.29. The minimum Gasteiger partial charge on any atom is -0.497 e. The summed E-state index contributed by atoms with van der Waals surface area (Å²) in [5, 5.41) is 5.90. The molecule has 0 saturated heterocycles. The Kier molecular flexibility index (Phi) is 9.53. The Bertz CT molecular complexity index is 1200. The third-order valence-electron chi connectivity index (χ3n) is 4.79. The number of methoxy groups -OCH3 is 2. The van der Waals surface area contributed by atoms with E-state index in [1.54, 1.807) is 66.7 Å². The summed E-state index contributed by atoms with van der Waals surface area (Å²) in [7, 11) is 2.97. The van der Waals surface area contributed by atoms with E-state index in [1.165, 1.54) is 14.2 Å². The van der Waals surface area contributed by atoms with Crippen molar-refractivity contribution in [3.05, 3.63) is 71.8 Å². The van der Waals surface area contributed by atoms with E-state index in [9.17, 15) is 14.4 Å². The minimum absolute atomic E-state index is 0.101. The van der Waals surface area contributed by atoms with E-state index in [1.807, 2.05) is 0 Å². The highest BCUT2D eigenvalue weighted by Gasteiger charge is 2.13. The Morgan fingerprint density at radius 2 is 1.39 bits per heavy atom. The lowest BCUT2D eigenvalue weighted by molar-refractivity contribution is -0.147. The van der Waals surface area contributed by atoms with Crippen LogP contribution in [0.2, 0.25) is 5.02 Å². The van der Waals surface area contributed by atoms with Crippen LogP contribution in [-0.2, 0) is 19.1 Å². The van der Waals surface area contributed by atoms with Gasteiger partial charge in [-0.1, -0.05) is 11.6 Å². The molecular weight excluding hydrogens is 488 g/mol. The van der Waals surface area contributed by atoms with E-state index in [-0.39, 0.29) is 18.7 Å². The smallest absolute Gasteiger partial charge is 0.306 e. The zero-order valence-electron chi connectivity index (χ0n) is 19.7. The molecule has 0 saturated carbocycles. The third-order valence-corrected chi connectivity index (χ3v) is 5.04. The van der Waals surface area contributed by atoms with Gasteiger partial charge in [0.2, 0.25) is 5.91 Å². The van der Waals surface area contributed by atoms with Gasteiger partial charge in [-0.2, -0.15) is 0 Å². The maximum absolute atomic E-state index is 12.2. The number of carbonyl (C=O) groups excluding carboxylic acids is 3. The summed E-state index contributed by atoms with van der Waals surface area (Å²) in [5.74, 6) is 0.597. The number of hydrogen-bond donors (Lipinski definition) is 2. The van der Waals surface area contributed by atoms with Gasteiger partial charge in [0, 0.05) is 23.2 Å². The second-order valence-corrected chi connectivity index (χ2v) is 7.84. The number of ether oxygens (including phenoxy) is 4. The van der Waals surface area contributed by atoms with Crippen molar-refractivity contribution in [1.29, 1.82) is 0 Å². The number of nitrogens with one attached hydrogen (secondary N) is 2. The summed E-state index contributed by atoms with van der Waals surface area (Å²) in [6, 6.07) is 18.6. The molecule has 0 fully saturated rings. The Labute approximate surface area is 213 Å². The summed E-state index contributed by atoms with van der Waals surface area (Å²) in [5.41, 5.74) is 0.952. The lowest BCUT2D eigenvalue weighted by atomic mass is 10.2. The fourth-order valence-electron chi connectivity index (χ4n) is 2.99. The summed E-state index contributed by atoms with van der Waals surface area (Å²) in [6.07, 6.45) is -0.279. The number of anilines is 2. The highest BCUT2D eigenvalue weighted by molar-refractivity contribution is 6.30. The quantitative estimate of drug-likeness (QED) is 0.346. The maximum Gasteiger partial charge on any atom is 0.306 e. The van der Waals surface area contributed by atoms with Crippen LogP contribution in [0.15, 0.2) is 66.7 Å². The van der Waals surface area contributed by atoms with Gasteiger partial charge in [-0.05, 0) is 60.7 Å². The van der Waals surface area contributed by atoms with Gasteiger partial charge in [-0.15, -0.1) is 0 Å². The number of benzene rings is 3. The number of esters is 1. The van der Waals surface area contributed by atoms with Gasteiger partial charge in [-0.25, -0.2) is 0 Å². The first-order valence-electron chi connectivity index (χ1n) is 10.9. The predicted molar refractivity (Wildman–Crippen MR) is 135 cm³/mol. The number of halogens is 1. The van der Waals surface area contributed by atoms with Crippen molar-refractivity contribution in [3.8, 4) is 23.0 Å². The second-order valence-electron chi connectivity index (χ2n) is 7.40. The Hall–Kier alpha value is -4.24. The molecule has 36 heavy (non-hydrogen) atoms. The molecule has 0 aliphatic heterocycles. The molecule has 3 aromatic carbocycles. The molecule has 0 unspecified atom stereocenters. The maximum atomic E-state index is 12.2. The van der Waals surface area contributed by atoms with Crippen LogP contribution in [0.25, 0.3) is 0 Å². The van der Waals surface area contributed by atoms with E-state index in [0.29, 0.717) is 39.4 Å². The molecule has 3 rings (SSSR count). The van der Waals surface area contributed by atoms with Crippen molar-refractivity contribution in [2.24, 2.45) is 0 Å². The van der Waals surface area contributed by atoms with E-state index >= 15 is 0 Å². The molecule has 0 aliphatic rings. The van der Waals surface area contributed by atoms with Crippen LogP contribution in [-0.4, -0.2) is 38.6 Å². The van der Waals surface area contributed by atoms with Crippen molar-refractivity contribution in [3.63, 3.8) is 0 Å². The molecule has 2 amide bonds. The molecule has 0 spiro atoms. The number of hydrogen-bond acceptors (Lipinski definition) is 7. The van der Waals surface area contributed by atoms with Gasteiger partial charge in [-0.3, -0.25) is 14.4 Å². The van der Waals surface area contributed by atoms with Gasteiger partial charge in [0.15, 0.2) is 6.61 Å². The predicted octanol–water partition coefficient (Wildman–Crippen LogP) is 5.05. The second kappa shape index (κ2) is 13.0. The number of carbonyl (C=O) groups is 3. The van der Waals surface area contributed by atoms with Gasteiger partial charge in [0.05, 0.1) is 26.3 Å². The average molecular weight is 513 g/mol. The van der Waals surface area contributed by atoms with Crippen LogP contribution in [0.1, 0.15) is 12.8 Å². The molecule has 9 nitrogen and oxygen atoms in total. The van der Waals surface area contributed by atoms with Gasteiger partial charge in [0.1, 0.15) is 23.0 Å². The molecular formula is C26H25ClN2O7. The van der Waals surface area contributed by atoms with Crippen LogP contribution in [0.3, 0.4) is 0 Å². The SMILES string of the molecule is COc1ccc(NC(=O)COC(=O)CCC(=O)Nc2ccc(Oc3ccc(Cl)cc3)cc2)c(OC)c1. The fourth-order valence-corrected chi connectivity index (χ4v) is 3.12. The van der Waals surface area contributed by atoms with Gasteiger partial charge < -0.3 is 29.6 Å². The molecule has 10 heteroatoms. The van der Waals surface area contributed by atoms with Crippen molar-refractivity contribution in [2.75, 3.05) is 31.5 Å². The van der Waals surface area contributed by atoms with Gasteiger partial charge >= 0.3 is 5.97 Å². The zero-order valence-corrected chi connectivity index (χ0v) is 20.5. The number of amides is 2. The molecule has 0 heterocycles. The molecule has 188 valence electrons.